The Bertz CT molecular complexity index is 1350. The van der Waals surface area contributed by atoms with Crippen LogP contribution in [0, 0.1) is 12.7 Å². The topological polar surface area (TPSA) is 68.3 Å². The first-order valence-electron chi connectivity index (χ1n) is 9.36. The van der Waals surface area contributed by atoms with Crippen molar-refractivity contribution in [3.05, 3.63) is 83.5 Å². The Labute approximate surface area is 184 Å². The van der Waals surface area contributed by atoms with Crippen LogP contribution in [0.1, 0.15) is 5.56 Å². The van der Waals surface area contributed by atoms with Crippen LogP contribution in [0.3, 0.4) is 0 Å². The van der Waals surface area contributed by atoms with Crippen molar-refractivity contribution in [2.24, 2.45) is 0 Å². The summed E-state index contributed by atoms with van der Waals surface area (Å²) in [5.41, 5.74) is 2.81. The second-order valence-corrected chi connectivity index (χ2v) is 9.33. The van der Waals surface area contributed by atoms with Crippen LogP contribution in [0.4, 0.5) is 10.1 Å². The molecule has 0 unspecified atom stereocenters. The number of aryl methyl sites for hydroxylation is 1. The Kier molecular flexibility index (Phi) is 5.75. The van der Waals surface area contributed by atoms with Crippen LogP contribution in [0.15, 0.2) is 77.0 Å². The molecule has 3 aromatic carbocycles. The SMILES string of the molecule is COc1cc(C)ccc1S(=O)(=O)Nc1ccccc1-c1csc(-c2ccccc2F)n1. The highest BCUT2D eigenvalue weighted by molar-refractivity contribution is 7.92. The van der Waals surface area contributed by atoms with E-state index in [4.69, 9.17) is 4.74 Å². The summed E-state index contributed by atoms with van der Waals surface area (Å²) in [7, 11) is -2.48. The average Bonchev–Trinajstić information content (AvgIpc) is 3.23. The van der Waals surface area contributed by atoms with Gasteiger partial charge in [0.05, 0.1) is 18.5 Å². The van der Waals surface area contributed by atoms with Crippen molar-refractivity contribution >= 4 is 27.0 Å². The molecule has 0 radical (unpaired) electrons. The normalized spacial score (nSPS) is 11.3. The molecule has 0 bridgehead atoms. The van der Waals surface area contributed by atoms with Crippen LogP contribution in [0.2, 0.25) is 0 Å². The second-order valence-electron chi connectivity index (χ2n) is 6.82. The molecule has 0 amide bonds. The number of methoxy groups -OCH3 is 1. The monoisotopic (exact) mass is 454 g/mol. The van der Waals surface area contributed by atoms with Crippen molar-refractivity contribution in [3.8, 4) is 27.6 Å². The van der Waals surface area contributed by atoms with Crippen LogP contribution >= 0.6 is 11.3 Å². The number of halogens is 1. The van der Waals surface area contributed by atoms with Gasteiger partial charge < -0.3 is 4.74 Å². The Balaban J connectivity index is 1.72. The molecule has 0 aliphatic rings. The molecule has 4 aromatic rings. The predicted octanol–water partition coefficient (Wildman–Crippen LogP) is 5.73. The molecule has 0 spiro atoms. The highest BCUT2D eigenvalue weighted by atomic mass is 32.2. The zero-order chi connectivity index (χ0) is 22.0. The molecule has 1 aromatic heterocycles. The van der Waals surface area contributed by atoms with Gasteiger partial charge in [-0.05, 0) is 42.8 Å². The van der Waals surface area contributed by atoms with Gasteiger partial charge in [-0.15, -0.1) is 11.3 Å². The zero-order valence-electron chi connectivity index (χ0n) is 16.8. The number of aromatic nitrogens is 1. The van der Waals surface area contributed by atoms with Gasteiger partial charge in [0.1, 0.15) is 21.5 Å². The first kappa shape index (κ1) is 21.0. The Morgan fingerprint density at radius 3 is 2.45 bits per heavy atom. The number of para-hydroxylation sites is 1. The van der Waals surface area contributed by atoms with E-state index in [-0.39, 0.29) is 16.5 Å². The molecule has 4 rings (SSSR count). The van der Waals surface area contributed by atoms with E-state index in [2.05, 4.69) is 9.71 Å². The number of anilines is 1. The van der Waals surface area contributed by atoms with E-state index < -0.39 is 10.0 Å². The van der Waals surface area contributed by atoms with Crippen molar-refractivity contribution in [3.63, 3.8) is 0 Å². The lowest BCUT2D eigenvalue weighted by atomic mass is 10.1. The van der Waals surface area contributed by atoms with Crippen LogP contribution in [-0.2, 0) is 10.0 Å². The van der Waals surface area contributed by atoms with Gasteiger partial charge in [-0.2, -0.15) is 0 Å². The fourth-order valence-corrected chi connectivity index (χ4v) is 5.23. The number of hydrogen-bond donors (Lipinski definition) is 1. The van der Waals surface area contributed by atoms with Crippen LogP contribution in [0.25, 0.3) is 21.8 Å². The van der Waals surface area contributed by atoms with E-state index in [9.17, 15) is 12.8 Å². The molecule has 0 atom stereocenters. The largest absolute Gasteiger partial charge is 0.495 e. The number of hydrogen-bond acceptors (Lipinski definition) is 5. The number of sulfonamides is 1. The van der Waals surface area contributed by atoms with E-state index in [0.717, 1.165) is 5.56 Å². The summed E-state index contributed by atoms with van der Waals surface area (Å²) in [6.45, 7) is 1.86. The Hall–Kier alpha value is -3.23. The van der Waals surface area contributed by atoms with Gasteiger partial charge in [-0.1, -0.05) is 36.4 Å². The molecular weight excluding hydrogens is 435 g/mol. The van der Waals surface area contributed by atoms with E-state index in [1.165, 1.54) is 30.6 Å². The van der Waals surface area contributed by atoms with Gasteiger partial charge in [0.25, 0.3) is 10.0 Å². The average molecular weight is 455 g/mol. The van der Waals surface area contributed by atoms with Gasteiger partial charge in [0.2, 0.25) is 0 Å². The highest BCUT2D eigenvalue weighted by Crippen LogP contribution is 2.35. The first-order valence-corrected chi connectivity index (χ1v) is 11.7. The molecule has 5 nitrogen and oxygen atoms in total. The predicted molar refractivity (Wildman–Crippen MR) is 121 cm³/mol. The number of rotatable bonds is 6. The maximum absolute atomic E-state index is 14.1. The molecule has 0 aliphatic carbocycles. The van der Waals surface area contributed by atoms with Crippen molar-refractivity contribution in [1.29, 1.82) is 0 Å². The second kappa shape index (κ2) is 8.49. The van der Waals surface area contributed by atoms with Crippen molar-refractivity contribution in [2.45, 2.75) is 11.8 Å². The lowest BCUT2D eigenvalue weighted by Gasteiger charge is -2.14. The molecule has 1 N–H and O–H groups in total. The quantitative estimate of drug-likeness (QED) is 0.404. The van der Waals surface area contributed by atoms with Crippen LogP contribution in [0.5, 0.6) is 5.75 Å². The number of nitrogens with one attached hydrogen (secondary N) is 1. The Morgan fingerprint density at radius 1 is 1.00 bits per heavy atom. The minimum atomic E-state index is -3.91. The summed E-state index contributed by atoms with van der Waals surface area (Å²) < 4.78 is 48.2. The fourth-order valence-electron chi connectivity index (χ4n) is 3.15. The van der Waals surface area contributed by atoms with Gasteiger partial charge >= 0.3 is 0 Å². The van der Waals surface area contributed by atoms with E-state index >= 15 is 0 Å². The van der Waals surface area contributed by atoms with E-state index in [1.807, 2.05) is 6.92 Å². The zero-order valence-corrected chi connectivity index (χ0v) is 18.4. The van der Waals surface area contributed by atoms with Crippen LogP contribution in [-0.4, -0.2) is 20.5 Å². The smallest absolute Gasteiger partial charge is 0.265 e. The lowest BCUT2D eigenvalue weighted by Crippen LogP contribution is -2.14. The fraction of sp³-hybridized carbons (Fsp3) is 0.0870. The van der Waals surface area contributed by atoms with Crippen molar-refractivity contribution in [2.75, 3.05) is 11.8 Å². The third-order valence-corrected chi connectivity index (χ3v) is 6.94. The standard InChI is InChI=1S/C23H19FN2O3S2/c1-15-11-12-22(21(13-15)29-2)31(27,28)26-19-10-6-4-8-17(19)20-14-30-23(25-20)16-7-3-5-9-18(16)24/h3-14,26H,1-2H3. The molecular formula is C23H19FN2O3S2. The summed E-state index contributed by atoms with van der Waals surface area (Å²) in [4.78, 5) is 4.58. The maximum atomic E-state index is 14.1. The van der Waals surface area contributed by atoms with Crippen molar-refractivity contribution < 1.29 is 17.5 Å². The van der Waals surface area contributed by atoms with E-state index in [0.29, 0.717) is 27.5 Å². The number of nitrogens with zero attached hydrogens (tertiary/aromatic N) is 1. The molecule has 0 saturated carbocycles. The Morgan fingerprint density at radius 2 is 1.71 bits per heavy atom. The molecule has 8 heteroatoms. The summed E-state index contributed by atoms with van der Waals surface area (Å²) in [6, 6.07) is 18.3. The maximum Gasteiger partial charge on any atom is 0.265 e. The first-order chi connectivity index (χ1) is 14.9. The molecule has 31 heavy (non-hydrogen) atoms. The third-order valence-electron chi connectivity index (χ3n) is 4.66. The number of thiazole rings is 1. The van der Waals surface area contributed by atoms with Crippen molar-refractivity contribution in [1.82, 2.24) is 4.98 Å². The summed E-state index contributed by atoms with van der Waals surface area (Å²) in [5, 5.41) is 2.30. The van der Waals surface area contributed by atoms with Gasteiger partial charge in [0, 0.05) is 16.5 Å². The summed E-state index contributed by atoms with van der Waals surface area (Å²) >= 11 is 1.29. The summed E-state index contributed by atoms with van der Waals surface area (Å²) in [5.74, 6) is -0.0932. The minimum absolute atomic E-state index is 0.0423. The minimum Gasteiger partial charge on any atom is -0.495 e. The van der Waals surface area contributed by atoms with Gasteiger partial charge in [-0.3, -0.25) is 4.72 Å². The highest BCUT2D eigenvalue weighted by Gasteiger charge is 2.22. The molecule has 1 heterocycles. The number of ether oxygens (including phenoxy) is 1. The number of benzene rings is 3. The molecule has 0 fully saturated rings. The van der Waals surface area contributed by atoms with Crippen LogP contribution < -0.4 is 9.46 Å². The third kappa shape index (κ3) is 4.30. The molecule has 0 aliphatic heterocycles. The van der Waals surface area contributed by atoms with E-state index in [1.54, 1.807) is 60.0 Å². The summed E-state index contributed by atoms with van der Waals surface area (Å²) in [6.07, 6.45) is 0. The molecule has 0 saturated heterocycles. The molecule has 158 valence electrons. The van der Waals surface area contributed by atoms with Gasteiger partial charge in [-0.25, -0.2) is 17.8 Å². The van der Waals surface area contributed by atoms with Gasteiger partial charge in [0.15, 0.2) is 0 Å². The lowest BCUT2D eigenvalue weighted by molar-refractivity contribution is 0.402.